The number of hydrogen-bond donors (Lipinski definition) is 1. The van der Waals surface area contributed by atoms with Gasteiger partial charge >= 0.3 is 6.03 Å². The molecule has 2 atom stereocenters. The molecule has 0 saturated heterocycles. The fraction of sp³-hybridized carbons (Fsp3) is 0.522. The zero-order chi connectivity index (χ0) is 22.9. The van der Waals surface area contributed by atoms with Crippen LogP contribution in [0.5, 0.6) is 0 Å². The maximum absolute atomic E-state index is 13.7. The van der Waals surface area contributed by atoms with Gasteiger partial charge in [0.2, 0.25) is 5.91 Å². The van der Waals surface area contributed by atoms with Gasteiger partial charge < -0.3 is 15.1 Å². The van der Waals surface area contributed by atoms with Crippen molar-refractivity contribution in [3.63, 3.8) is 0 Å². The zero-order valence-electron chi connectivity index (χ0n) is 18.8. The standard InChI is InChI=1S/C23H31ClN4O3/c1-6-26(5)21(29)17(12-14(3)4)28-13-18-19(22(28)30)20(25-23(31)27(18)7-2)15-10-8-9-11-16(15)24/h8-11,14,17,20H,6-7,12-13H2,1-5H3,(H,25,31). The van der Waals surface area contributed by atoms with Crippen molar-refractivity contribution in [3.8, 4) is 0 Å². The van der Waals surface area contributed by atoms with Crippen LogP contribution in [0.15, 0.2) is 35.5 Å². The van der Waals surface area contributed by atoms with Gasteiger partial charge in [-0.2, -0.15) is 0 Å². The highest BCUT2D eigenvalue weighted by Gasteiger charge is 2.47. The number of likely N-dealkylation sites (N-methyl/N-ethyl adjacent to an activating group) is 2. The molecule has 2 heterocycles. The summed E-state index contributed by atoms with van der Waals surface area (Å²) in [5, 5.41) is 3.42. The number of halogens is 1. The smallest absolute Gasteiger partial charge is 0.322 e. The summed E-state index contributed by atoms with van der Waals surface area (Å²) < 4.78 is 0. The molecule has 1 aromatic carbocycles. The van der Waals surface area contributed by atoms with E-state index in [1.165, 1.54) is 0 Å². The van der Waals surface area contributed by atoms with Crippen LogP contribution in [-0.4, -0.2) is 65.3 Å². The maximum Gasteiger partial charge on any atom is 0.322 e. The minimum absolute atomic E-state index is 0.0824. The molecular weight excluding hydrogens is 416 g/mol. The summed E-state index contributed by atoms with van der Waals surface area (Å²) in [5.74, 6) is -0.0751. The first-order valence-corrected chi connectivity index (χ1v) is 11.2. The zero-order valence-corrected chi connectivity index (χ0v) is 19.6. The van der Waals surface area contributed by atoms with Crippen molar-refractivity contribution >= 4 is 29.4 Å². The molecule has 0 aromatic heterocycles. The van der Waals surface area contributed by atoms with Crippen LogP contribution in [0.25, 0.3) is 0 Å². The second kappa shape index (κ2) is 9.30. The summed E-state index contributed by atoms with van der Waals surface area (Å²) in [5.41, 5.74) is 1.82. The lowest BCUT2D eigenvalue weighted by Gasteiger charge is -2.33. The third kappa shape index (κ3) is 4.28. The first-order chi connectivity index (χ1) is 14.7. The second-order valence-electron chi connectivity index (χ2n) is 8.44. The molecule has 3 rings (SSSR count). The number of urea groups is 1. The normalized spacial score (nSPS) is 19.6. The van der Waals surface area contributed by atoms with Crippen molar-refractivity contribution in [1.82, 2.24) is 20.0 Å². The number of benzene rings is 1. The molecule has 2 aliphatic rings. The van der Waals surface area contributed by atoms with E-state index in [1.807, 2.05) is 45.9 Å². The van der Waals surface area contributed by atoms with Crippen LogP contribution >= 0.6 is 11.6 Å². The van der Waals surface area contributed by atoms with Gasteiger partial charge in [0, 0.05) is 25.2 Å². The second-order valence-corrected chi connectivity index (χ2v) is 8.85. The van der Waals surface area contributed by atoms with Crippen LogP contribution in [0.3, 0.4) is 0 Å². The van der Waals surface area contributed by atoms with Gasteiger partial charge in [-0.3, -0.25) is 14.5 Å². The number of hydrogen-bond acceptors (Lipinski definition) is 3. The monoisotopic (exact) mass is 446 g/mol. The van der Waals surface area contributed by atoms with E-state index in [2.05, 4.69) is 5.32 Å². The molecule has 4 amide bonds. The molecule has 0 saturated carbocycles. The van der Waals surface area contributed by atoms with E-state index in [0.29, 0.717) is 41.4 Å². The molecule has 1 aromatic rings. The Labute approximate surface area is 189 Å². The third-order valence-electron chi connectivity index (χ3n) is 5.99. The molecule has 0 radical (unpaired) electrons. The van der Waals surface area contributed by atoms with Crippen molar-refractivity contribution in [2.24, 2.45) is 5.92 Å². The largest absolute Gasteiger partial charge is 0.344 e. The van der Waals surface area contributed by atoms with E-state index < -0.39 is 12.1 Å². The Bertz CT molecular complexity index is 914. The molecule has 8 heteroatoms. The molecule has 2 aliphatic heterocycles. The highest BCUT2D eigenvalue weighted by atomic mass is 35.5. The number of carbonyl (C=O) groups is 3. The third-order valence-corrected chi connectivity index (χ3v) is 6.33. The minimum atomic E-state index is -0.643. The Hall–Kier alpha value is -2.54. The Morgan fingerprint density at radius 1 is 1.26 bits per heavy atom. The molecule has 7 nitrogen and oxygen atoms in total. The summed E-state index contributed by atoms with van der Waals surface area (Å²) in [6, 6.07) is 5.71. The molecule has 0 fully saturated rings. The molecule has 2 unspecified atom stereocenters. The average Bonchev–Trinajstić information content (AvgIpc) is 3.07. The van der Waals surface area contributed by atoms with Gasteiger partial charge in [0.05, 0.1) is 23.9 Å². The summed E-state index contributed by atoms with van der Waals surface area (Å²) in [4.78, 5) is 44.6. The summed E-state index contributed by atoms with van der Waals surface area (Å²) in [7, 11) is 1.75. The quantitative estimate of drug-likeness (QED) is 0.697. The Morgan fingerprint density at radius 2 is 1.94 bits per heavy atom. The SMILES string of the molecule is CCN(C)C(=O)C(CC(C)C)N1CC2=C(C1=O)C(c1ccccc1Cl)NC(=O)N2CC. The molecule has 1 N–H and O–H groups in total. The summed E-state index contributed by atoms with van der Waals surface area (Å²) in [6.45, 7) is 9.08. The summed E-state index contributed by atoms with van der Waals surface area (Å²) in [6.07, 6.45) is 0.555. The first-order valence-electron chi connectivity index (χ1n) is 10.8. The molecule has 0 bridgehead atoms. The lowest BCUT2D eigenvalue weighted by molar-refractivity contribution is -0.142. The number of rotatable bonds is 7. The van der Waals surface area contributed by atoms with Gasteiger partial charge in [-0.05, 0) is 37.8 Å². The minimum Gasteiger partial charge on any atom is -0.344 e. The van der Waals surface area contributed by atoms with E-state index in [-0.39, 0.29) is 30.3 Å². The van der Waals surface area contributed by atoms with Gasteiger partial charge in [0.15, 0.2) is 0 Å². The predicted octanol–water partition coefficient (Wildman–Crippen LogP) is 3.42. The van der Waals surface area contributed by atoms with Crippen molar-refractivity contribution in [2.75, 3.05) is 26.7 Å². The van der Waals surface area contributed by atoms with Gasteiger partial charge in [-0.1, -0.05) is 43.6 Å². The number of carbonyl (C=O) groups excluding carboxylic acids is 3. The molecular formula is C23H31ClN4O3. The first kappa shape index (κ1) is 23.1. The van der Waals surface area contributed by atoms with Crippen molar-refractivity contribution in [2.45, 2.75) is 46.2 Å². The van der Waals surface area contributed by atoms with Crippen LogP contribution < -0.4 is 5.32 Å². The summed E-state index contributed by atoms with van der Waals surface area (Å²) >= 11 is 6.42. The lowest BCUT2D eigenvalue weighted by atomic mass is 9.95. The molecule has 31 heavy (non-hydrogen) atoms. The van der Waals surface area contributed by atoms with Gasteiger partial charge in [-0.25, -0.2) is 4.79 Å². The van der Waals surface area contributed by atoms with Crippen molar-refractivity contribution in [1.29, 1.82) is 0 Å². The molecule has 168 valence electrons. The number of nitrogens with one attached hydrogen (secondary N) is 1. The fourth-order valence-electron chi connectivity index (χ4n) is 4.26. The van der Waals surface area contributed by atoms with E-state index >= 15 is 0 Å². The highest BCUT2D eigenvalue weighted by Crippen LogP contribution is 2.39. The topological polar surface area (TPSA) is 73.0 Å². The Morgan fingerprint density at radius 3 is 2.52 bits per heavy atom. The molecule has 0 aliphatic carbocycles. The predicted molar refractivity (Wildman–Crippen MR) is 120 cm³/mol. The van der Waals surface area contributed by atoms with Crippen LogP contribution in [0.1, 0.15) is 45.7 Å². The van der Waals surface area contributed by atoms with Crippen molar-refractivity contribution < 1.29 is 14.4 Å². The highest BCUT2D eigenvalue weighted by molar-refractivity contribution is 6.31. The maximum atomic E-state index is 13.7. The van der Waals surface area contributed by atoms with Gasteiger partial charge in [0.1, 0.15) is 6.04 Å². The van der Waals surface area contributed by atoms with Crippen molar-refractivity contribution in [3.05, 3.63) is 46.1 Å². The van der Waals surface area contributed by atoms with Crippen LogP contribution in [0, 0.1) is 5.92 Å². The van der Waals surface area contributed by atoms with E-state index in [4.69, 9.17) is 11.6 Å². The number of amides is 4. The average molecular weight is 447 g/mol. The van der Waals surface area contributed by atoms with Gasteiger partial charge in [0.25, 0.3) is 5.91 Å². The lowest BCUT2D eigenvalue weighted by Crippen LogP contribution is -2.49. The van der Waals surface area contributed by atoms with Crippen LogP contribution in [0.2, 0.25) is 5.02 Å². The molecule has 0 spiro atoms. The van der Waals surface area contributed by atoms with Crippen LogP contribution in [0.4, 0.5) is 4.79 Å². The van der Waals surface area contributed by atoms with E-state index in [9.17, 15) is 14.4 Å². The van der Waals surface area contributed by atoms with E-state index in [0.717, 1.165) is 0 Å². The van der Waals surface area contributed by atoms with E-state index in [1.54, 1.807) is 27.8 Å². The van der Waals surface area contributed by atoms with Crippen LogP contribution in [-0.2, 0) is 9.59 Å². The fourth-order valence-corrected chi connectivity index (χ4v) is 4.51. The Kier molecular flexibility index (Phi) is 6.94. The number of nitrogens with zero attached hydrogens (tertiary/aromatic N) is 3. The van der Waals surface area contributed by atoms with Gasteiger partial charge in [-0.15, -0.1) is 0 Å². The Balaban J connectivity index is 2.05.